The van der Waals surface area contributed by atoms with Gasteiger partial charge in [0.15, 0.2) is 0 Å². The van der Waals surface area contributed by atoms with Crippen LogP contribution in [-0.4, -0.2) is 18.0 Å². The first-order valence-corrected chi connectivity index (χ1v) is 6.38. The van der Waals surface area contributed by atoms with Gasteiger partial charge in [0.1, 0.15) is 0 Å². The predicted molar refractivity (Wildman–Crippen MR) is 74.2 cm³/mol. The van der Waals surface area contributed by atoms with Crippen molar-refractivity contribution in [1.82, 2.24) is 5.32 Å². The number of hydrogen-bond donors (Lipinski definition) is 2. The van der Waals surface area contributed by atoms with E-state index in [1.165, 1.54) is 19.3 Å². The molecule has 1 fully saturated rings. The van der Waals surface area contributed by atoms with Gasteiger partial charge in [-0.05, 0) is 31.1 Å². The maximum Gasteiger partial charge on any atom is 0.236 e. The lowest BCUT2D eigenvalue weighted by molar-refractivity contribution is -0.123. The molecule has 3 N–H and O–H groups in total. The van der Waals surface area contributed by atoms with E-state index in [2.05, 4.69) is 26.1 Å². The highest BCUT2D eigenvalue weighted by Gasteiger charge is 2.35. The van der Waals surface area contributed by atoms with Gasteiger partial charge in [-0.2, -0.15) is 0 Å². The number of amides is 1. The van der Waals surface area contributed by atoms with Crippen molar-refractivity contribution in [3.63, 3.8) is 0 Å². The van der Waals surface area contributed by atoms with Crippen LogP contribution in [0.2, 0.25) is 0 Å². The number of nitrogens with one attached hydrogen (secondary N) is 1. The Kier molecular flexibility index (Phi) is 6.49. The summed E-state index contributed by atoms with van der Waals surface area (Å²) < 4.78 is 0. The molecule has 0 bridgehead atoms. The van der Waals surface area contributed by atoms with Crippen LogP contribution in [0.4, 0.5) is 0 Å². The summed E-state index contributed by atoms with van der Waals surface area (Å²) in [7, 11) is 0. The second kappa shape index (κ2) is 6.60. The fraction of sp³-hybridized carbons (Fsp3) is 0.923. The second-order valence-electron chi connectivity index (χ2n) is 6.16. The Labute approximate surface area is 111 Å². The molecule has 0 radical (unpaired) electrons. The molecular formula is C13H27ClN2O. The molecule has 2 unspecified atom stereocenters. The molecule has 1 saturated carbocycles. The summed E-state index contributed by atoms with van der Waals surface area (Å²) in [6.45, 7) is 8.51. The van der Waals surface area contributed by atoms with E-state index in [1.54, 1.807) is 6.92 Å². The van der Waals surface area contributed by atoms with E-state index in [-0.39, 0.29) is 23.7 Å². The molecule has 0 aliphatic heterocycles. The van der Waals surface area contributed by atoms with Gasteiger partial charge in [-0.1, -0.05) is 33.6 Å². The van der Waals surface area contributed by atoms with Crippen LogP contribution in [0.15, 0.2) is 0 Å². The quantitative estimate of drug-likeness (QED) is 0.803. The minimum absolute atomic E-state index is 0. The van der Waals surface area contributed by atoms with Gasteiger partial charge in [-0.3, -0.25) is 4.79 Å². The summed E-state index contributed by atoms with van der Waals surface area (Å²) in [4.78, 5) is 11.6. The third-order valence-electron chi connectivity index (χ3n) is 3.62. The second-order valence-corrected chi connectivity index (χ2v) is 6.16. The maximum atomic E-state index is 11.6. The first kappa shape index (κ1) is 16.7. The van der Waals surface area contributed by atoms with Gasteiger partial charge in [0.2, 0.25) is 5.91 Å². The average Bonchev–Trinajstić information content (AvgIpc) is 2.16. The topological polar surface area (TPSA) is 55.1 Å². The van der Waals surface area contributed by atoms with Crippen LogP contribution in [0.1, 0.15) is 53.4 Å². The lowest BCUT2D eigenvalue weighted by atomic mass is 9.69. The SMILES string of the molecule is C[C@H](N)C(=O)NC1CCCCC1C(C)(C)C.Cl. The van der Waals surface area contributed by atoms with Gasteiger partial charge in [0.25, 0.3) is 0 Å². The number of nitrogens with two attached hydrogens (primary N) is 1. The number of carbonyl (C=O) groups excluding carboxylic acids is 1. The van der Waals surface area contributed by atoms with E-state index >= 15 is 0 Å². The molecule has 0 aromatic carbocycles. The Morgan fingerprint density at radius 1 is 1.29 bits per heavy atom. The molecule has 102 valence electrons. The van der Waals surface area contributed by atoms with E-state index in [0.717, 1.165) is 6.42 Å². The Hall–Kier alpha value is -0.280. The summed E-state index contributed by atoms with van der Waals surface area (Å²) in [5.74, 6) is 0.560. The number of carbonyl (C=O) groups is 1. The van der Waals surface area contributed by atoms with Crippen LogP contribution >= 0.6 is 12.4 Å². The van der Waals surface area contributed by atoms with Crippen molar-refractivity contribution < 1.29 is 4.79 Å². The van der Waals surface area contributed by atoms with Crippen molar-refractivity contribution in [3.05, 3.63) is 0 Å². The Morgan fingerprint density at radius 3 is 2.29 bits per heavy atom. The number of rotatable bonds is 2. The number of hydrogen-bond acceptors (Lipinski definition) is 2. The van der Waals surface area contributed by atoms with Crippen molar-refractivity contribution in [2.75, 3.05) is 0 Å². The molecule has 1 rings (SSSR count). The zero-order valence-corrected chi connectivity index (χ0v) is 12.3. The first-order valence-electron chi connectivity index (χ1n) is 6.38. The van der Waals surface area contributed by atoms with E-state index in [1.807, 2.05) is 0 Å². The van der Waals surface area contributed by atoms with Gasteiger partial charge in [0.05, 0.1) is 6.04 Å². The largest absolute Gasteiger partial charge is 0.352 e. The molecular weight excluding hydrogens is 236 g/mol. The third-order valence-corrected chi connectivity index (χ3v) is 3.62. The molecule has 3 nitrogen and oxygen atoms in total. The van der Waals surface area contributed by atoms with Crippen LogP contribution < -0.4 is 11.1 Å². The summed E-state index contributed by atoms with van der Waals surface area (Å²) >= 11 is 0. The minimum Gasteiger partial charge on any atom is -0.352 e. The molecule has 1 amide bonds. The molecule has 4 heteroatoms. The van der Waals surface area contributed by atoms with Crippen molar-refractivity contribution in [2.24, 2.45) is 17.1 Å². The van der Waals surface area contributed by atoms with Crippen LogP contribution in [0.3, 0.4) is 0 Å². The molecule has 17 heavy (non-hydrogen) atoms. The van der Waals surface area contributed by atoms with Gasteiger partial charge in [0, 0.05) is 6.04 Å². The molecule has 1 aliphatic carbocycles. The average molecular weight is 263 g/mol. The Morgan fingerprint density at radius 2 is 1.82 bits per heavy atom. The van der Waals surface area contributed by atoms with Crippen LogP contribution in [0.25, 0.3) is 0 Å². The zero-order chi connectivity index (χ0) is 12.3. The third kappa shape index (κ3) is 4.84. The maximum absolute atomic E-state index is 11.6. The van der Waals surface area contributed by atoms with Crippen LogP contribution in [0.5, 0.6) is 0 Å². The van der Waals surface area contributed by atoms with Gasteiger partial charge >= 0.3 is 0 Å². The smallest absolute Gasteiger partial charge is 0.236 e. The molecule has 0 aromatic heterocycles. The highest BCUT2D eigenvalue weighted by molar-refractivity contribution is 5.85. The molecule has 0 spiro atoms. The zero-order valence-electron chi connectivity index (χ0n) is 11.5. The molecule has 0 heterocycles. The molecule has 1 aliphatic rings. The summed E-state index contributed by atoms with van der Waals surface area (Å²) in [5.41, 5.74) is 5.86. The van der Waals surface area contributed by atoms with Crippen molar-refractivity contribution >= 4 is 18.3 Å². The van der Waals surface area contributed by atoms with Crippen molar-refractivity contribution in [1.29, 1.82) is 0 Å². The highest BCUT2D eigenvalue weighted by atomic mass is 35.5. The normalized spacial score (nSPS) is 26.9. The number of halogens is 1. The fourth-order valence-electron chi connectivity index (χ4n) is 2.65. The van der Waals surface area contributed by atoms with Crippen molar-refractivity contribution in [2.45, 2.75) is 65.5 Å². The van der Waals surface area contributed by atoms with E-state index in [4.69, 9.17) is 5.73 Å². The monoisotopic (exact) mass is 262 g/mol. The van der Waals surface area contributed by atoms with Crippen molar-refractivity contribution in [3.8, 4) is 0 Å². The summed E-state index contributed by atoms with van der Waals surface area (Å²) in [6, 6.07) is -0.0882. The summed E-state index contributed by atoms with van der Waals surface area (Å²) in [6.07, 6.45) is 4.82. The highest BCUT2D eigenvalue weighted by Crippen LogP contribution is 2.37. The van der Waals surface area contributed by atoms with Gasteiger partial charge in [-0.25, -0.2) is 0 Å². The lowest BCUT2D eigenvalue weighted by Gasteiger charge is -2.41. The molecule has 3 atom stereocenters. The van der Waals surface area contributed by atoms with E-state index in [0.29, 0.717) is 12.0 Å². The standard InChI is InChI=1S/C13H26N2O.ClH/c1-9(14)12(16)15-11-8-6-5-7-10(11)13(2,3)4;/h9-11H,5-8,14H2,1-4H3,(H,15,16);1H/t9-,10?,11?;/m0./s1. The minimum atomic E-state index is -0.400. The Bertz CT molecular complexity index is 248. The molecule has 0 aromatic rings. The van der Waals surface area contributed by atoms with Gasteiger partial charge < -0.3 is 11.1 Å². The van der Waals surface area contributed by atoms with Gasteiger partial charge in [-0.15, -0.1) is 12.4 Å². The summed E-state index contributed by atoms with van der Waals surface area (Å²) in [5, 5.41) is 3.11. The van der Waals surface area contributed by atoms with Crippen LogP contribution in [-0.2, 0) is 4.79 Å². The molecule has 0 saturated heterocycles. The first-order chi connectivity index (χ1) is 7.32. The van der Waals surface area contributed by atoms with Crippen LogP contribution in [0, 0.1) is 11.3 Å². The fourth-order valence-corrected chi connectivity index (χ4v) is 2.65. The van der Waals surface area contributed by atoms with E-state index in [9.17, 15) is 4.79 Å². The lowest BCUT2D eigenvalue weighted by Crippen LogP contribution is -2.50. The van der Waals surface area contributed by atoms with E-state index < -0.39 is 6.04 Å². The Balaban J connectivity index is 0.00000256. The predicted octanol–water partition coefficient (Wildman–Crippen LogP) is 2.48.